The number of hydrogen-bond donors (Lipinski definition) is 0. The van der Waals surface area contributed by atoms with Gasteiger partial charge in [0.05, 0.1) is 16.0 Å². The molecule has 0 saturated heterocycles. The van der Waals surface area contributed by atoms with Gasteiger partial charge in [-0.25, -0.2) is 4.98 Å². The third-order valence-corrected chi connectivity index (χ3v) is 2.30. The molecular formula is C10H6N4O5. The molecule has 9 heteroatoms. The lowest BCUT2D eigenvalue weighted by molar-refractivity contribution is -0.385. The van der Waals surface area contributed by atoms with Gasteiger partial charge in [0, 0.05) is 18.2 Å². The topological polar surface area (TPSA) is 121 Å². The van der Waals surface area contributed by atoms with Crippen molar-refractivity contribution in [1.82, 2.24) is 9.55 Å². The van der Waals surface area contributed by atoms with E-state index in [1.54, 1.807) is 0 Å². The van der Waals surface area contributed by atoms with Crippen LogP contribution in [0.5, 0.6) is 0 Å². The van der Waals surface area contributed by atoms with Crippen LogP contribution < -0.4 is 5.56 Å². The van der Waals surface area contributed by atoms with Crippen molar-refractivity contribution in [3.8, 4) is 5.82 Å². The number of aromatic nitrogens is 2. The lowest BCUT2D eigenvalue weighted by Crippen LogP contribution is -2.17. The highest BCUT2D eigenvalue weighted by molar-refractivity contribution is 5.36. The molecule has 2 heterocycles. The summed E-state index contributed by atoms with van der Waals surface area (Å²) in [6.45, 7) is 0. The summed E-state index contributed by atoms with van der Waals surface area (Å²) >= 11 is 0. The highest BCUT2D eigenvalue weighted by Gasteiger charge is 2.11. The fourth-order valence-electron chi connectivity index (χ4n) is 1.39. The zero-order valence-corrected chi connectivity index (χ0v) is 9.29. The van der Waals surface area contributed by atoms with Crippen molar-refractivity contribution in [3.05, 3.63) is 67.2 Å². The van der Waals surface area contributed by atoms with Crippen LogP contribution in [-0.2, 0) is 0 Å². The van der Waals surface area contributed by atoms with Gasteiger partial charge in [-0.2, -0.15) is 0 Å². The maximum Gasteiger partial charge on any atom is 0.287 e. The lowest BCUT2D eigenvalue weighted by atomic mass is 10.3. The second-order valence-corrected chi connectivity index (χ2v) is 3.48. The molecule has 0 aliphatic heterocycles. The van der Waals surface area contributed by atoms with Gasteiger partial charge >= 0.3 is 0 Å². The molecule has 2 aromatic rings. The Labute approximate surface area is 105 Å². The quantitative estimate of drug-likeness (QED) is 0.601. The summed E-state index contributed by atoms with van der Waals surface area (Å²) in [5.41, 5.74) is -1.03. The summed E-state index contributed by atoms with van der Waals surface area (Å²) in [6.07, 6.45) is 1.98. The van der Waals surface area contributed by atoms with Crippen LogP contribution in [0.15, 0.2) is 41.5 Å². The average molecular weight is 262 g/mol. The van der Waals surface area contributed by atoms with E-state index in [-0.39, 0.29) is 17.2 Å². The van der Waals surface area contributed by atoms with E-state index in [1.165, 1.54) is 6.07 Å². The molecule has 0 aliphatic carbocycles. The normalized spacial score (nSPS) is 10.1. The molecule has 2 rings (SSSR count). The summed E-state index contributed by atoms with van der Waals surface area (Å²) in [4.78, 5) is 35.1. The smallest absolute Gasteiger partial charge is 0.269 e. The molecule has 19 heavy (non-hydrogen) atoms. The third-order valence-electron chi connectivity index (χ3n) is 2.30. The summed E-state index contributed by atoms with van der Waals surface area (Å²) in [5.74, 6) is 0.0688. The Hall–Kier alpha value is -3.10. The van der Waals surface area contributed by atoms with E-state index in [2.05, 4.69) is 4.98 Å². The second-order valence-electron chi connectivity index (χ2n) is 3.48. The van der Waals surface area contributed by atoms with Gasteiger partial charge in [-0.3, -0.25) is 29.6 Å². The predicted octanol–water partition coefficient (Wildman–Crippen LogP) is 1.05. The Bertz CT molecular complexity index is 707. The highest BCUT2D eigenvalue weighted by Crippen LogP contribution is 2.13. The van der Waals surface area contributed by atoms with Gasteiger partial charge in [-0.05, 0) is 6.07 Å². The Morgan fingerprint density at radius 3 is 2.16 bits per heavy atom. The van der Waals surface area contributed by atoms with E-state index in [0.29, 0.717) is 0 Å². The first-order valence-corrected chi connectivity index (χ1v) is 4.97. The minimum atomic E-state index is -0.651. The second kappa shape index (κ2) is 4.64. The van der Waals surface area contributed by atoms with Gasteiger partial charge in [-0.1, -0.05) is 0 Å². The molecule has 96 valence electrons. The van der Waals surface area contributed by atoms with E-state index in [0.717, 1.165) is 35.2 Å². The number of rotatable bonds is 3. The van der Waals surface area contributed by atoms with E-state index < -0.39 is 15.4 Å². The molecular weight excluding hydrogens is 256 g/mol. The SMILES string of the molecule is O=c1ccc([N+](=O)[O-])cn1-c1ccc([N+](=O)[O-])cn1. The number of hydrogen-bond acceptors (Lipinski definition) is 6. The molecule has 2 aromatic heterocycles. The van der Waals surface area contributed by atoms with Gasteiger partial charge < -0.3 is 0 Å². The number of nitrogens with zero attached hydrogens (tertiary/aromatic N) is 4. The number of nitro groups is 2. The molecule has 9 nitrogen and oxygen atoms in total. The van der Waals surface area contributed by atoms with E-state index in [9.17, 15) is 25.0 Å². The van der Waals surface area contributed by atoms with Crippen LogP contribution >= 0.6 is 0 Å². The van der Waals surface area contributed by atoms with Crippen molar-refractivity contribution in [2.45, 2.75) is 0 Å². The minimum absolute atomic E-state index is 0.0688. The van der Waals surface area contributed by atoms with Crippen molar-refractivity contribution in [1.29, 1.82) is 0 Å². The molecule has 0 aliphatic rings. The Morgan fingerprint density at radius 1 is 1.00 bits per heavy atom. The summed E-state index contributed by atoms with van der Waals surface area (Å²) in [5, 5.41) is 21.1. The standard InChI is InChI=1S/C10H6N4O5/c15-10-4-2-8(14(18)19)6-12(10)9-3-1-7(5-11-9)13(16)17/h1-6H. The van der Waals surface area contributed by atoms with Crippen LogP contribution in [0.3, 0.4) is 0 Å². The van der Waals surface area contributed by atoms with Gasteiger partial charge in [-0.15, -0.1) is 0 Å². The summed E-state index contributed by atoms with van der Waals surface area (Å²) in [6, 6.07) is 4.50. The van der Waals surface area contributed by atoms with Crippen molar-refractivity contribution >= 4 is 11.4 Å². The van der Waals surface area contributed by atoms with E-state index in [1.807, 2.05) is 0 Å². The van der Waals surface area contributed by atoms with Gasteiger partial charge in [0.1, 0.15) is 12.0 Å². The van der Waals surface area contributed by atoms with E-state index in [4.69, 9.17) is 0 Å². The molecule has 0 fully saturated rings. The molecule has 0 unspecified atom stereocenters. The zero-order chi connectivity index (χ0) is 14.0. The van der Waals surface area contributed by atoms with Crippen molar-refractivity contribution < 1.29 is 9.85 Å². The Kier molecular flexibility index (Phi) is 3.02. The van der Waals surface area contributed by atoms with Gasteiger partial charge in [0.25, 0.3) is 16.9 Å². The van der Waals surface area contributed by atoms with Gasteiger partial charge in [0.2, 0.25) is 0 Å². The first-order chi connectivity index (χ1) is 8.99. The summed E-state index contributed by atoms with van der Waals surface area (Å²) in [7, 11) is 0. The van der Waals surface area contributed by atoms with Crippen molar-refractivity contribution in [2.75, 3.05) is 0 Å². The van der Waals surface area contributed by atoms with Crippen LogP contribution in [0, 0.1) is 20.2 Å². The fourth-order valence-corrected chi connectivity index (χ4v) is 1.39. The first-order valence-electron chi connectivity index (χ1n) is 4.97. The molecule has 0 saturated carbocycles. The van der Waals surface area contributed by atoms with Crippen LogP contribution in [0.1, 0.15) is 0 Å². The van der Waals surface area contributed by atoms with Crippen LogP contribution in [-0.4, -0.2) is 19.4 Å². The largest absolute Gasteiger partial charge is 0.287 e. The zero-order valence-electron chi connectivity index (χ0n) is 9.29. The highest BCUT2D eigenvalue weighted by atomic mass is 16.6. The molecule has 0 amide bonds. The molecule has 0 spiro atoms. The summed E-state index contributed by atoms with van der Waals surface area (Å²) < 4.78 is 0.946. The average Bonchev–Trinajstić information content (AvgIpc) is 2.39. The molecule has 0 aromatic carbocycles. The maximum absolute atomic E-state index is 11.6. The van der Waals surface area contributed by atoms with Crippen LogP contribution in [0.25, 0.3) is 5.82 Å². The lowest BCUT2D eigenvalue weighted by Gasteiger charge is -2.03. The molecule has 0 N–H and O–H groups in total. The monoisotopic (exact) mass is 262 g/mol. The molecule has 0 bridgehead atoms. The maximum atomic E-state index is 11.6. The molecule has 0 atom stereocenters. The van der Waals surface area contributed by atoms with E-state index >= 15 is 0 Å². The van der Waals surface area contributed by atoms with Crippen LogP contribution in [0.4, 0.5) is 11.4 Å². The molecule has 0 radical (unpaired) electrons. The Balaban J connectivity index is 2.52. The van der Waals surface area contributed by atoms with Crippen LogP contribution in [0.2, 0.25) is 0 Å². The van der Waals surface area contributed by atoms with Crippen molar-refractivity contribution in [3.63, 3.8) is 0 Å². The first kappa shape index (κ1) is 12.4. The Morgan fingerprint density at radius 2 is 1.63 bits per heavy atom. The predicted molar refractivity (Wildman–Crippen MR) is 63.1 cm³/mol. The minimum Gasteiger partial charge on any atom is -0.269 e. The number of pyridine rings is 2. The van der Waals surface area contributed by atoms with Crippen molar-refractivity contribution in [2.24, 2.45) is 0 Å². The third kappa shape index (κ3) is 2.44. The van der Waals surface area contributed by atoms with Gasteiger partial charge in [0.15, 0.2) is 0 Å². The fraction of sp³-hybridized carbons (Fsp3) is 0.